The summed E-state index contributed by atoms with van der Waals surface area (Å²) in [4.78, 5) is 40.6. The van der Waals surface area contributed by atoms with Crippen molar-refractivity contribution in [3.8, 4) is 5.75 Å². The van der Waals surface area contributed by atoms with Gasteiger partial charge < -0.3 is 15.0 Å². The summed E-state index contributed by atoms with van der Waals surface area (Å²) in [6.07, 6.45) is 0. The molecule has 2 aromatic rings. The van der Waals surface area contributed by atoms with Crippen LogP contribution >= 0.6 is 0 Å². The van der Waals surface area contributed by atoms with E-state index in [9.17, 15) is 14.4 Å². The zero-order chi connectivity index (χ0) is 22.2. The van der Waals surface area contributed by atoms with Gasteiger partial charge in [0.1, 0.15) is 5.75 Å². The molecule has 1 N–H and O–H groups in total. The Morgan fingerprint density at radius 1 is 0.903 bits per heavy atom. The number of ketones is 1. The topological polar surface area (TPSA) is 79.0 Å². The van der Waals surface area contributed by atoms with Gasteiger partial charge in [-0.3, -0.25) is 19.3 Å². The standard InChI is InChI=1S/C24H29N3O4/c1-18(2)25-22(28)16-26-12-14-27(15-13-26)23(29)17-31-21-10-8-20(9-11-21)24(30)19-6-4-3-5-7-19/h3-11,18H,12-17H2,1-2H3,(H,25,28). The van der Waals surface area contributed by atoms with Crippen molar-refractivity contribution < 1.29 is 19.1 Å². The smallest absolute Gasteiger partial charge is 0.260 e. The molecule has 7 nitrogen and oxygen atoms in total. The van der Waals surface area contributed by atoms with E-state index in [1.54, 1.807) is 41.3 Å². The second-order valence-electron chi connectivity index (χ2n) is 7.89. The number of benzene rings is 2. The summed E-state index contributed by atoms with van der Waals surface area (Å²) < 4.78 is 5.62. The van der Waals surface area contributed by atoms with E-state index in [0.717, 1.165) is 0 Å². The summed E-state index contributed by atoms with van der Waals surface area (Å²) >= 11 is 0. The molecule has 1 heterocycles. The SMILES string of the molecule is CC(C)NC(=O)CN1CCN(C(=O)COc2ccc(C(=O)c3ccccc3)cc2)CC1. The molecule has 0 unspecified atom stereocenters. The second-order valence-corrected chi connectivity index (χ2v) is 7.89. The van der Waals surface area contributed by atoms with Gasteiger partial charge in [-0.05, 0) is 38.1 Å². The predicted molar refractivity (Wildman–Crippen MR) is 118 cm³/mol. The van der Waals surface area contributed by atoms with Gasteiger partial charge >= 0.3 is 0 Å². The number of carbonyl (C=O) groups excluding carboxylic acids is 3. The van der Waals surface area contributed by atoms with Gasteiger partial charge in [0.25, 0.3) is 5.91 Å². The fraction of sp³-hybridized carbons (Fsp3) is 0.375. The van der Waals surface area contributed by atoms with Crippen LogP contribution in [-0.4, -0.2) is 72.8 Å². The summed E-state index contributed by atoms with van der Waals surface area (Å²) in [6, 6.07) is 16.0. The lowest BCUT2D eigenvalue weighted by Gasteiger charge is -2.34. The number of nitrogens with zero attached hydrogens (tertiary/aromatic N) is 2. The fourth-order valence-corrected chi connectivity index (χ4v) is 3.42. The first-order chi connectivity index (χ1) is 14.9. The average molecular weight is 424 g/mol. The van der Waals surface area contributed by atoms with E-state index in [-0.39, 0.29) is 30.2 Å². The zero-order valence-electron chi connectivity index (χ0n) is 18.0. The van der Waals surface area contributed by atoms with Crippen LogP contribution in [0.2, 0.25) is 0 Å². The molecule has 31 heavy (non-hydrogen) atoms. The van der Waals surface area contributed by atoms with E-state index in [1.165, 1.54) is 0 Å². The molecule has 0 aliphatic carbocycles. The van der Waals surface area contributed by atoms with Gasteiger partial charge in [0.2, 0.25) is 5.91 Å². The normalized spacial score (nSPS) is 14.4. The van der Waals surface area contributed by atoms with Crippen molar-refractivity contribution in [2.45, 2.75) is 19.9 Å². The maximum absolute atomic E-state index is 12.5. The van der Waals surface area contributed by atoms with Crippen LogP contribution in [0.4, 0.5) is 0 Å². The summed E-state index contributed by atoms with van der Waals surface area (Å²) in [5.74, 6) is 0.410. The molecule has 0 spiro atoms. The minimum absolute atomic E-state index is 0.00676. The third-order valence-corrected chi connectivity index (χ3v) is 5.06. The highest BCUT2D eigenvalue weighted by molar-refractivity contribution is 6.08. The highest BCUT2D eigenvalue weighted by Gasteiger charge is 2.22. The van der Waals surface area contributed by atoms with Crippen LogP contribution in [0.25, 0.3) is 0 Å². The molecular weight excluding hydrogens is 394 g/mol. The largest absolute Gasteiger partial charge is 0.484 e. The first kappa shape index (κ1) is 22.5. The Labute approximate surface area is 183 Å². The van der Waals surface area contributed by atoms with Gasteiger partial charge in [0.05, 0.1) is 6.54 Å². The van der Waals surface area contributed by atoms with E-state index in [0.29, 0.717) is 49.6 Å². The van der Waals surface area contributed by atoms with Crippen molar-refractivity contribution in [3.63, 3.8) is 0 Å². The molecule has 3 rings (SSSR count). The molecule has 0 atom stereocenters. The van der Waals surface area contributed by atoms with Crippen LogP contribution in [0.1, 0.15) is 29.8 Å². The third kappa shape index (κ3) is 6.65. The molecule has 7 heteroatoms. The lowest BCUT2D eigenvalue weighted by atomic mass is 10.0. The molecular formula is C24H29N3O4. The minimum Gasteiger partial charge on any atom is -0.484 e. The number of amides is 2. The number of hydrogen-bond acceptors (Lipinski definition) is 5. The Kier molecular flexibility index (Phi) is 7.78. The molecule has 1 fully saturated rings. The van der Waals surface area contributed by atoms with Crippen molar-refractivity contribution >= 4 is 17.6 Å². The Bertz CT molecular complexity index is 889. The maximum atomic E-state index is 12.5. The van der Waals surface area contributed by atoms with Crippen molar-refractivity contribution in [3.05, 3.63) is 65.7 Å². The summed E-state index contributed by atoms with van der Waals surface area (Å²) in [7, 11) is 0. The number of carbonyl (C=O) groups is 3. The van der Waals surface area contributed by atoms with Gasteiger partial charge in [-0.25, -0.2) is 0 Å². The van der Waals surface area contributed by atoms with E-state index in [1.807, 2.05) is 36.9 Å². The Hall–Kier alpha value is -3.19. The van der Waals surface area contributed by atoms with E-state index >= 15 is 0 Å². The molecule has 1 saturated heterocycles. The summed E-state index contributed by atoms with van der Waals surface area (Å²) in [6.45, 7) is 6.63. The first-order valence-electron chi connectivity index (χ1n) is 10.5. The number of nitrogens with one attached hydrogen (secondary N) is 1. The fourth-order valence-electron chi connectivity index (χ4n) is 3.42. The van der Waals surface area contributed by atoms with Crippen molar-refractivity contribution in [2.75, 3.05) is 39.3 Å². The lowest BCUT2D eigenvalue weighted by Crippen LogP contribution is -2.52. The second kappa shape index (κ2) is 10.7. The number of rotatable bonds is 8. The third-order valence-electron chi connectivity index (χ3n) is 5.06. The van der Waals surface area contributed by atoms with Gasteiger partial charge in [-0.1, -0.05) is 30.3 Å². The van der Waals surface area contributed by atoms with Crippen LogP contribution in [0.5, 0.6) is 5.75 Å². The molecule has 0 radical (unpaired) electrons. The summed E-state index contributed by atoms with van der Waals surface area (Å²) in [5, 5.41) is 2.88. The quantitative estimate of drug-likeness (QED) is 0.657. The van der Waals surface area contributed by atoms with Gasteiger partial charge in [-0.2, -0.15) is 0 Å². The van der Waals surface area contributed by atoms with E-state index < -0.39 is 0 Å². The Morgan fingerprint density at radius 2 is 1.52 bits per heavy atom. The molecule has 2 amide bonds. The predicted octanol–water partition coefficient (Wildman–Crippen LogP) is 1.97. The zero-order valence-corrected chi connectivity index (χ0v) is 18.0. The Balaban J connectivity index is 1.43. The van der Waals surface area contributed by atoms with Crippen LogP contribution in [0.15, 0.2) is 54.6 Å². The summed E-state index contributed by atoms with van der Waals surface area (Å²) in [5.41, 5.74) is 1.20. The first-order valence-corrected chi connectivity index (χ1v) is 10.5. The highest BCUT2D eigenvalue weighted by Crippen LogP contribution is 2.16. The van der Waals surface area contributed by atoms with Crippen LogP contribution < -0.4 is 10.1 Å². The molecule has 164 valence electrons. The van der Waals surface area contributed by atoms with E-state index in [4.69, 9.17) is 4.74 Å². The molecule has 0 saturated carbocycles. The average Bonchev–Trinajstić information content (AvgIpc) is 2.78. The van der Waals surface area contributed by atoms with Gasteiger partial charge in [0, 0.05) is 43.3 Å². The minimum atomic E-state index is -0.0873. The Morgan fingerprint density at radius 3 is 2.13 bits per heavy atom. The van der Waals surface area contributed by atoms with Crippen LogP contribution in [0.3, 0.4) is 0 Å². The van der Waals surface area contributed by atoms with Crippen molar-refractivity contribution in [1.29, 1.82) is 0 Å². The molecule has 0 bridgehead atoms. The molecule has 2 aromatic carbocycles. The maximum Gasteiger partial charge on any atom is 0.260 e. The molecule has 1 aliphatic rings. The van der Waals surface area contributed by atoms with E-state index in [2.05, 4.69) is 5.32 Å². The monoisotopic (exact) mass is 423 g/mol. The lowest BCUT2D eigenvalue weighted by molar-refractivity contribution is -0.135. The number of hydrogen-bond donors (Lipinski definition) is 1. The van der Waals surface area contributed by atoms with Crippen molar-refractivity contribution in [2.24, 2.45) is 0 Å². The molecule has 0 aromatic heterocycles. The number of ether oxygens (including phenoxy) is 1. The van der Waals surface area contributed by atoms with Crippen molar-refractivity contribution in [1.82, 2.24) is 15.1 Å². The van der Waals surface area contributed by atoms with Crippen LogP contribution in [-0.2, 0) is 9.59 Å². The molecule has 1 aliphatic heterocycles. The van der Waals surface area contributed by atoms with Gasteiger partial charge in [-0.15, -0.1) is 0 Å². The van der Waals surface area contributed by atoms with Gasteiger partial charge in [0.15, 0.2) is 12.4 Å². The van der Waals surface area contributed by atoms with Crippen LogP contribution in [0, 0.1) is 0 Å². The number of piperazine rings is 1. The highest BCUT2D eigenvalue weighted by atomic mass is 16.5.